The molecule has 0 radical (unpaired) electrons. The molecular weight excluding hydrogens is 220 g/mol. The van der Waals surface area contributed by atoms with Crippen LogP contribution in [-0.2, 0) is 6.42 Å². The number of benzene rings is 1. The number of methoxy groups -OCH3 is 1. The summed E-state index contributed by atoms with van der Waals surface area (Å²) in [5.41, 5.74) is 1.83. The van der Waals surface area contributed by atoms with Gasteiger partial charge in [-0.15, -0.1) is 11.3 Å². The van der Waals surface area contributed by atoms with Crippen molar-refractivity contribution < 1.29 is 4.74 Å². The quantitative estimate of drug-likeness (QED) is 0.814. The van der Waals surface area contributed by atoms with Crippen LogP contribution in [-0.4, -0.2) is 12.1 Å². The van der Waals surface area contributed by atoms with Crippen molar-refractivity contribution in [2.45, 2.75) is 6.42 Å². The number of ether oxygens (including phenoxy) is 1. The first kappa shape index (κ1) is 10.7. The molecule has 0 saturated carbocycles. The van der Waals surface area contributed by atoms with Crippen LogP contribution in [0.25, 0.3) is 11.3 Å². The third-order valence-electron chi connectivity index (χ3n) is 2.16. The van der Waals surface area contributed by atoms with Crippen LogP contribution >= 0.6 is 11.3 Å². The minimum atomic E-state index is 0.361. The smallest absolute Gasteiger partial charge is 0.128 e. The van der Waals surface area contributed by atoms with Gasteiger partial charge in [0.15, 0.2) is 0 Å². The Morgan fingerprint density at radius 3 is 3.00 bits per heavy atom. The van der Waals surface area contributed by atoms with E-state index in [1.54, 1.807) is 7.11 Å². The number of hydrogen-bond donors (Lipinski definition) is 0. The van der Waals surface area contributed by atoms with Gasteiger partial charge >= 0.3 is 0 Å². The first-order valence-electron chi connectivity index (χ1n) is 4.80. The fraction of sp³-hybridized carbons (Fsp3) is 0.167. The lowest BCUT2D eigenvalue weighted by atomic mass is 10.1. The van der Waals surface area contributed by atoms with Crippen molar-refractivity contribution in [3.05, 3.63) is 34.7 Å². The number of aromatic nitrogens is 1. The van der Waals surface area contributed by atoms with Crippen LogP contribution in [0.5, 0.6) is 5.75 Å². The molecule has 0 atom stereocenters. The molecule has 0 N–H and O–H groups in total. The maximum absolute atomic E-state index is 8.59. The Morgan fingerprint density at radius 2 is 2.25 bits per heavy atom. The van der Waals surface area contributed by atoms with Gasteiger partial charge in [-0.3, -0.25) is 0 Å². The van der Waals surface area contributed by atoms with E-state index in [0.717, 1.165) is 22.0 Å². The van der Waals surface area contributed by atoms with Crippen LogP contribution < -0.4 is 4.74 Å². The van der Waals surface area contributed by atoms with Crippen molar-refractivity contribution in [1.29, 1.82) is 5.26 Å². The average Bonchev–Trinajstić information content (AvgIpc) is 2.78. The molecule has 0 aliphatic heterocycles. The zero-order valence-corrected chi connectivity index (χ0v) is 9.62. The molecule has 0 aliphatic carbocycles. The highest BCUT2D eigenvalue weighted by atomic mass is 32.1. The van der Waals surface area contributed by atoms with Gasteiger partial charge < -0.3 is 4.74 Å². The summed E-state index contributed by atoms with van der Waals surface area (Å²) in [5, 5.41) is 11.4. The molecule has 1 aromatic heterocycles. The molecule has 0 amide bonds. The molecule has 3 nitrogen and oxygen atoms in total. The van der Waals surface area contributed by atoms with E-state index >= 15 is 0 Å². The third-order valence-corrected chi connectivity index (χ3v) is 3.01. The van der Waals surface area contributed by atoms with Gasteiger partial charge in [0.25, 0.3) is 0 Å². The molecule has 16 heavy (non-hydrogen) atoms. The first-order chi connectivity index (χ1) is 7.85. The molecule has 2 rings (SSSR count). The first-order valence-corrected chi connectivity index (χ1v) is 5.68. The van der Waals surface area contributed by atoms with E-state index in [1.807, 2.05) is 29.6 Å². The molecule has 4 heteroatoms. The highest BCUT2D eigenvalue weighted by Crippen LogP contribution is 2.30. The van der Waals surface area contributed by atoms with Crippen LogP contribution in [0.15, 0.2) is 29.6 Å². The number of nitriles is 1. The maximum atomic E-state index is 8.59. The van der Waals surface area contributed by atoms with E-state index < -0.39 is 0 Å². The molecule has 0 unspecified atom stereocenters. The van der Waals surface area contributed by atoms with Gasteiger partial charge in [0.1, 0.15) is 10.8 Å². The van der Waals surface area contributed by atoms with Gasteiger partial charge in [-0.25, -0.2) is 4.98 Å². The van der Waals surface area contributed by atoms with Crippen molar-refractivity contribution in [2.24, 2.45) is 0 Å². The SMILES string of the molecule is COc1ccccc1-c1csc(CC#N)n1. The van der Waals surface area contributed by atoms with Gasteiger partial charge in [-0.1, -0.05) is 12.1 Å². The summed E-state index contributed by atoms with van der Waals surface area (Å²) in [6, 6.07) is 9.82. The molecule has 0 spiro atoms. The van der Waals surface area contributed by atoms with E-state index in [0.29, 0.717) is 6.42 Å². The summed E-state index contributed by atoms with van der Waals surface area (Å²) < 4.78 is 5.27. The molecule has 1 heterocycles. The summed E-state index contributed by atoms with van der Waals surface area (Å²) in [6.07, 6.45) is 0.361. The van der Waals surface area contributed by atoms with Crippen LogP contribution in [0.1, 0.15) is 5.01 Å². The Balaban J connectivity index is 2.39. The van der Waals surface area contributed by atoms with E-state index in [1.165, 1.54) is 11.3 Å². The van der Waals surface area contributed by atoms with Crippen molar-refractivity contribution in [1.82, 2.24) is 4.98 Å². The molecule has 0 bridgehead atoms. The second kappa shape index (κ2) is 4.77. The molecular formula is C12H10N2OS. The standard InChI is InChI=1S/C12H10N2OS/c1-15-11-5-3-2-4-9(11)10-8-16-12(14-10)6-7-13/h2-5,8H,6H2,1H3. The van der Waals surface area contributed by atoms with Crippen LogP contribution in [0, 0.1) is 11.3 Å². The van der Waals surface area contributed by atoms with E-state index in [4.69, 9.17) is 10.00 Å². The predicted molar refractivity (Wildman–Crippen MR) is 63.4 cm³/mol. The fourth-order valence-electron chi connectivity index (χ4n) is 1.44. The minimum Gasteiger partial charge on any atom is -0.496 e. The van der Waals surface area contributed by atoms with Crippen LogP contribution in [0.2, 0.25) is 0 Å². The summed E-state index contributed by atoms with van der Waals surface area (Å²) in [5.74, 6) is 0.802. The Bertz CT molecular complexity index is 528. The number of rotatable bonds is 3. The largest absolute Gasteiger partial charge is 0.496 e. The Labute approximate surface area is 97.9 Å². The van der Waals surface area contributed by atoms with Crippen molar-refractivity contribution in [2.75, 3.05) is 7.11 Å². The summed E-state index contributed by atoms with van der Waals surface area (Å²) in [7, 11) is 1.64. The summed E-state index contributed by atoms with van der Waals surface area (Å²) >= 11 is 1.50. The van der Waals surface area contributed by atoms with E-state index in [-0.39, 0.29) is 0 Å². The number of hydrogen-bond acceptors (Lipinski definition) is 4. The lowest BCUT2D eigenvalue weighted by Crippen LogP contribution is -1.88. The normalized spacial score (nSPS) is 9.75. The maximum Gasteiger partial charge on any atom is 0.128 e. The van der Waals surface area contributed by atoms with Gasteiger partial charge in [-0.2, -0.15) is 5.26 Å². The van der Waals surface area contributed by atoms with Gasteiger partial charge in [-0.05, 0) is 12.1 Å². The zero-order valence-electron chi connectivity index (χ0n) is 8.80. The Morgan fingerprint density at radius 1 is 1.44 bits per heavy atom. The summed E-state index contributed by atoms with van der Waals surface area (Å²) in [6.45, 7) is 0. The highest BCUT2D eigenvalue weighted by Gasteiger charge is 2.08. The average molecular weight is 230 g/mol. The highest BCUT2D eigenvalue weighted by molar-refractivity contribution is 7.10. The molecule has 0 saturated heterocycles. The van der Waals surface area contributed by atoms with Crippen molar-refractivity contribution >= 4 is 11.3 Å². The lowest BCUT2D eigenvalue weighted by Gasteiger charge is -2.04. The van der Waals surface area contributed by atoms with Gasteiger partial charge in [0.2, 0.25) is 0 Å². The zero-order chi connectivity index (χ0) is 11.4. The second-order valence-electron chi connectivity index (χ2n) is 3.16. The Kier molecular flexibility index (Phi) is 3.18. The monoisotopic (exact) mass is 230 g/mol. The topological polar surface area (TPSA) is 45.9 Å². The molecule has 80 valence electrons. The number of thiazole rings is 1. The molecule has 0 aliphatic rings. The van der Waals surface area contributed by atoms with Gasteiger partial charge in [0, 0.05) is 10.9 Å². The van der Waals surface area contributed by atoms with Crippen molar-refractivity contribution in [3.8, 4) is 23.1 Å². The lowest BCUT2D eigenvalue weighted by molar-refractivity contribution is 0.416. The fourth-order valence-corrected chi connectivity index (χ4v) is 2.17. The molecule has 0 fully saturated rings. The van der Waals surface area contributed by atoms with E-state index in [2.05, 4.69) is 11.1 Å². The van der Waals surface area contributed by atoms with Crippen molar-refractivity contribution in [3.63, 3.8) is 0 Å². The Hall–Kier alpha value is -1.86. The third kappa shape index (κ3) is 2.05. The van der Waals surface area contributed by atoms with Crippen LogP contribution in [0.4, 0.5) is 0 Å². The summed E-state index contributed by atoms with van der Waals surface area (Å²) in [4.78, 5) is 4.39. The molecule has 1 aromatic carbocycles. The van der Waals surface area contributed by atoms with Crippen LogP contribution in [0.3, 0.4) is 0 Å². The minimum absolute atomic E-state index is 0.361. The second-order valence-corrected chi connectivity index (χ2v) is 4.10. The predicted octanol–water partition coefficient (Wildman–Crippen LogP) is 2.88. The van der Waals surface area contributed by atoms with E-state index in [9.17, 15) is 0 Å². The number of nitrogens with zero attached hydrogens (tertiary/aromatic N) is 2. The number of para-hydroxylation sites is 1. The van der Waals surface area contributed by atoms with Gasteiger partial charge in [0.05, 0.1) is 25.3 Å². The molecule has 2 aromatic rings.